The number of nitrogens with two attached hydrogens (primary N) is 1. The van der Waals surface area contributed by atoms with E-state index in [0.29, 0.717) is 26.1 Å². The van der Waals surface area contributed by atoms with Crippen molar-refractivity contribution in [3.8, 4) is 12.1 Å². The number of amidine groups is 1. The summed E-state index contributed by atoms with van der Waals surface area (Å²) in [6.45, 7) is 0.628. The van der Waals surface area contributed by atoms with E-state index in [4.69, 9.17) is 15.2 Å². The van der Waals surface area contributed by atoms with Crippen LogP contribution in [0.5, 0.6) is 0 Å². The molecule has 29 heavy (non-hydrogen) atoms. The topological polar surface area (TPSA) is 104 Å². The molecule has 1 spiro atoms. The van der Waals surface area contributed by atoms with E-state index in [1.54, 1.807) is 0 Å². The molecule has 2 aliphatic heterocycles. The summed E-state index contributed by atoms with van der Waals surface area (Å²) in [4.78, 5) is 4.42. The van der Waals surface area contributed by atoms with Crippen molar-refractivity contribution in [3.63, 3.8) is 0 Å². The Hall–Kier alpha value is -3.19. The smallest absolute Gasteiger partial charge is 0.293 e. The SMILES string of the molecule is N#C[C@@]12C3(N=C(N)[C@]1(C#N)C2(Cc1ccccc1)Cc1ccccc1)OCCO3. The first-order valence-electron chi connectivity index (χ1n) is 9.65. The zero-order valence-corrected chi connectivity index (χ0v) is 15.8. The van der Waals surface area contributed by atoms with Crippen molar-refractivity contribution < 1.29 is 9.47 Å². The van der Waals surface area contributed by atoms with Gasteiger partial charge in [0.25, 0.3) is 5.91 Å². The number of ether oxygens (including phenoxy) is 2. The minimum atomic E-state index is -1.52. The van der Waals surface area contributed by atoms with E-state index in [0.717, 1.165) is 11.1 Å². The second-order valence-electron chi connectivity index (χ2n) is 7.91. The number of nitrogens with zero attached hydrogens (tertiary/aromatic N) is 3. The molecule has 2 atom stereocenters. The molecule has 2 aromatic rings. The van der Waals surface area contributed by atoms with Crippen LogP contribution in [0.1, 0.15) is 11.1 Å². The highest BCUT2D eigenvalue weighted by atomic mass is 16.8. The molecule has 2 heterocycles. The van der Waals surface area contributed by atoms with Gasteiger partial charge in [0, 0.05) is 5.41 Å². The maximum atomic E-state index is 10.5. The number of hydrogen-bond acceptors (Lipinski definition) is 6. The van der Waals surface area contributed by atoms with E-state index in [9.17, 15) is 10.5 Å². The van der Waals surface area contributed by atoms with Gasteiger partial charge in [-0.2, -0.15) is 10.5 Å². The average molecular weight is 384 g/mol. The van der Waals surface area contributed by atoms with Crippen molar-refractivity contribution in [2.75, 3.05) is 13.2 Å². The van der Waals surface area contributed by atoms with Crippen LogP contribution < -0.4 is 5.73 Å². The molecule has 0 radical (unpaired) electrons. The van der Waals surface area contributed by atoms with E-state index >= 15 is 0 Å². The molecule has 0 amide bonds. The van der Waals surface area contributed by atoms with Gasteiger partial charge >= 0.3 is 0 Å². The van der Waals surface area contributed by atoms with Crippen molar-refractivity contribution in [1.29, 1.82) is 10.5 Å². The van der Waals surface area contributed by atoms with Gasteiger partial charge in [-0.1, -0.05) is 60.7 Å². The molecule has 1 saturated heterocycles. The molecule has 0 bridgehead atoms. The maximum Gasteiger partial charge on any atom is 0.293 e. The number of aliphatic imine (C=N–C) groups is 1. The molecule has 6 heteroatoms. The van der Waals surface area contributed by atoms with Crippen molar-refractivity contribution in [3.05, 3.63) is 71.8 Å². The second kappa shape index (κ2) is 5.90. The van der Waals surface area contributed by atoms with Crippen molar-refractivity contribution in [1.82, 2.24) is 0 Å². The molecule has 0 aromatic heterocycles. The number of hydrogen-bond donors (Lipinski definition) is 1. The molecule has 2 fully saturated rings. The van der Waals surface area contributed by atoms with Crippen LogP contribution in [0, 0.1) is 38.9 Å². The van der Waals surface area contributed by atoms with Gasteiger partial charge < -0.3 is 15.2 Å². The van der Waals surface area contributed by atoms with Crippen LogP contribution in [-0.4, -0.2) is 25.0 Å². The van der Waals surface area contributed by atoms with Crippen LogP contribution in [0.3, 0.4) is 0 Å². The fraction of sp³-hybridized carbons (Fsp3) is 0.348. The summed E-state index contributed by atoms with van der Waals surface area (Å²) in [5, 5.41) is 20.9. The van der Waals surface area contributed by atoms with Crippen LogP contribution in [0.2, 0.25) is 0 Å². The van der Waals surface area contributed by atoms with Gasteiger partial charge in [0.15, 0.2) is 5.41 Å². The van der Waals surface area contributed by atoms with Crippen LogP contribution >= 0.6 is 0 Å². The van der Waals surface area contributed by atoms with E-state index in [-0.39, 0.29) is 5.84 Å². The van der Waals surface area contributed by atoms with Crippen LogP contribution in [0.15, 0.2) is 65.7 Å². The third-order valence-corrected chi connectivity index (χ3v) is 6.77. The van der Waals surface area contributed by atoms with Crippen molar-refractivity contribution >= 4 is 5.84 Å². The van der Waals surface area contributed by atoms with Gasteiger partial charge in [0.2, 0.25) is 0 Å². The highest BCUT2D eigenvalue weighted by molar-refractivity contribution is 6.00. The Labute approximate surface area is 169 Å². The monoisotopic (exact) mass is 384 g/mol. The van der Waals surface area contributed by atoms with Gasteiger partial charge in [-0.3, -0.25) is 0 Å². The zero-order chi connectivity index (χ0) is 20.2. The molecular weight excluding hydrogens is 364 g/mol. The molecule has 2 aromatic carbocycles. The summed E-state index contributed by atoms with van der Waals surface area (Å²) >= 11 is 0. The van der Waals surface area contributed by atoms with Gasteiger partial charge in [-0.15, -0.1) is 0 Å². The summed E-state index contributed by atoms with van der Waals surface area (Å²) in [6, 6.07) is 24.6. The fourth-order valence-corrected chi connectivity index (χ4v) is 5.67. The van der Waals surface area contributed by atoms with Gasteiger partial charge in [0.05, 0.1) is 25.4 Å². The Balaban J connectivity index is 1.73. The highest BCUT2D eigenvalue weighted by Crippen LogP contribution is 2.87. The Morgan fingerprint density at radius 1 is 0.862 bits per heavy atom. The summed E-state index contributed by atoms with van der Waals surface area (Å²) in [6.07, 6.45) is 0.989. The van der Waals surface area contributed by atoms with E-state index in [1.807, 2.05) is 60.7 Å². The second-order valence-corrected chi connectivity index (χ2v) is 7.91. The minimum Gasteiger partial charge on any atom is -0.386 e. The molecule has 1 aliphatic carbocycles. The van der Waals surface area contributed by atoms with E-state index in [1.165, 1.54) is 0 Å². The average Bonchev–Trinajstić information content (AvgIpc) is 3.01. The molecule has 144 valence electrons. The molecular formula is C23H20N4O2. The standard InChI is InChI=1S/C23H20N4O2/c24-15-21-19(26)27-23(28-11-12-29-23)22(21,16-25)20(21,13-17-7-3-1-4-8-17)14-18-9-5-2-6-10-18/h1-10H,11-14H2,(H2,26,27)/t21-,22+/m1/s1. The quantitative estimate of drug-likeness (QED) is 0.872. The maximum absolute atomic E-state index is 10.5. The van der Waals surface area contributed by atoms with Crippen molar-refractivity contribution in [2.45, 2.75) is 18.8 Å². The lowest BCUT2D eigenvalue weighted by molar-refractivity contribution is -0.192. The van der Waals surface area contributed by atoms with Gasteiger partial charge in [-0.05, 0) is 24.0 Å². The number of fused-ring (bicyclic) bond motifs is 2. The summed E-state index contributed by atoms with van der Waals surface area (Å²) in [7, 11) is 0. The lowest BCUT2D eigenvalue weighted by atomic mass is 9.79. The van der Waals surface area contributed by atoms with Crippen LogP contribution in [-0.2, 0) is 22.3 Å². The Morgan fingerprint density at radius 2 is 1.38 bits per heavy atom. The molecule has 5 rings (SSSR count). The molecule has 0 unspecified atom stereocenters. The lowest BCUT2D eigenvalue weighted by Crippen LogP contribution is -2.42. The zero-order valence-electron chi connectivity index (χ0n) is 15.8. The predicted molar refractivity (Wildman–Crippen MR) is 105 cm³/mol. The summed E-state index contributed by atoms with van der Waals surface area (Å²) in [5.74, 6) is -1.39. The largest absolute Gasteiger partial charge is 0.386 e. The van der Waals surface area contributed by atoms with E-state index < -0.39 is 22.2 Å². The van der Waals surface area contributed by atoms with Crippen molar-refractivity contribution in [2.24, 2.45) is 27.0 Å². The van der Waals surface area contributed by atoms with Gasteiger partial charge in [0.1, 0.15) is 11.3 Å². The fourth-order valence-electron chi connectivity index (χ4n) is 5.67. The molecule has 1 saturated carbocycles. The van der Waals surface area contributed by atoms with Crippen LogP contribution in [0.25, 0.3) is 0 Å². The molecule has 2 N–H and O–H groups in total. The number of nitriles is 2. The van der Waals surface area contributed by atoms with E-state index in [2.05, 4.69) is 17.1 Å². The third-order valence-electron chi connectivity index (χ3n) is 6.77. The Morgan fingerprint density at radius 3 is 1.83 bits per heavy atom. The Kier molecular flexibility index (Phi) is 3.64. The number of rotatable bonds is 4. The molecule has 6 nitrogen and oxygen atoms in total. The first-order chi connectivity index (χ1) is 14.1. The first-order valence-corrected chi connectivity index (χ1v) is 9.65. The highest BCUT2D eigenvalue weighted by Gasteiger charge is 3.00. The third kappa shape index (κ3) is 1.88. The lowest BCUT2D eigenvalue weighted by Gasteiger charge is -2.31. The molecule has 3 aliphatic rings. The summed E-state index contributed by atoms with van der Waals surface area (Å²) in [5.41, 5.74) is 5.04. The Bertz CT molecular complexity index is 1020. The normalized spacial score (nSPS) is 30.2. The van der Waals surface area contributed by atoms with Gasteiger partial charge in [-0.25, -0.2) is 4.99 Å². The minimum absolute atomic E-state index is 0.135. The first kappa shape index (κ1) is 17.9. The summed E-state index contributed by atoms with van der Waals surface area (Å²) < 4.78 is 11.8. The number of benzene rings is 2. The van der Waals surface area contributed by atoms with Crippen LogP contribution in [0.4, 0.5) is 0 Å². The predicted octanol–water partition coefficient (Wildman–Crippen LogP) is 2.56.